The standard InChI is InChI=1S/C9H12N6O2/c1-5-6(10)3-15(13-5)4-7-12-9(17-14-7)8(16)11-2/h3H,4,10H2,1-2H3,(H,11,16). The van der Waals surface area contributed by atoms with Crippen molar-refractivity contribution in [2.75, 3.05) is 12.8 Å². The van der Waals surface area contributed by atoms with Crippen molar-refractivity contribution < 1.29 is 9.32 Å². The van der Waals surface area contributed by atoms with Gasteiger partial charge in [0.05, 0.1) is 11.4 Å². The van der Waals surface area contributed by atoms with Crippen LogP contribution in [0.15, 0.2) is 10.7 Å². The molecule has 0 aliphatic rings. The van der Waals surface area contributed by atoms with Gasteiger partial charge in [0.2, 0.25) is 0 Å². The number of aryl methyl sites for hydroxylation is 1. The van der Waals surface area contributed by atoms with Gasteiger partial charge in [-0.1, -0.05) is 5.16 Å². The molecule has 0 fully saturated rings. The van der Waals surface area contributed by atoms with Crippen LogP contribution in [-0.4, -0.2) is 32.9 Å². The van der Waals surface area contributed by atoms with Crippen molar-refractivity contribution in [3.8, 4) is 0 Å². The molecule has 0 bridgehead atoms. The highest BCUT2D eigenvalue weighted by molar-refractivity contribution is 5.89. The van der Waals surface area contributed by atoms with Gasteiger partial charge in [-0.25, -0.2) is 0 Å². The first-order valence-electron chi connectivity index (χ1n) is 4.94. The minimum Gasteiger partial charge on any atom is -0.396 e. The molecule has 2 rings (SSSR count). The lowest BCUT2D eigenvalue weighted by Gasteiger charge is -1.93. The number of nitrogens with two attached hydrogens (primary N) is 1. The Morgan fingerprint density at radius 1 is 1.65 bits per heavy atom. The number of carbonyl (C=O) groups is 1. The highest BCUT2D eigenvalue weighted by Gasteiger charge is 2.13. The van der Waals surface area contributed by atoms with Gasteiger partial charge in [0.25, 0.3) is 0 Å². The average molecular weight is 236 g/mol. The summed E-state index contributed by atoms with van der Waals surface area (Å²) in [7, 11) is 1.49. The Labute approximate surface area is 96.8 Å². The maximum absolute atomic E-state index is 11.2. The summed E-state index contributed by atoms with van der Waals surface area (Å²) >= 11 is 0. The van der Waals surface area contributed by atoms with Crippen molar-refractivity contribution >= 4 is 11.6 Å². The molecule has 2 aromatic heterocycles. The third kappa shape index (κ3) is 2.25. The van der Waals surface area contributed by atoms with Gasteiger partial charge in [0.1, 0.15) is 6.54 Å². The molecule has 3 N–H and O–H groups in total. The zero-order chi connectivity index (χ0) is 12.4. The fourth-order valence-corrected chi connectivity index (χ4v) is 1.28. The fourth-order valence-electron chi connectivity index (χ4n) is 1.28. The van der Waals surface area contributed by atoms with Crippen molar-refractivity contribution in [2.24, 2.45) is 0 Å². The molecule has 0 saturated carbocycles. The zero-order valence-electron chi connectivity index (χ0n) is 9.47. The van der Waals surface area contributed by atoms with E-state index in [0.29, 0.717) is 18.1 Å². The Morgan fingerprint density at radius 3 is 3.00 bits per heavy atom. The number of hydrogen-bond acceptors (Lipinski definition) is 6. The molecule has 0 unspecified atom stereocenters. The molecular weight excluding hydrogens is 224 g/mol. The largest absolute Gasteiger partial charge is 0.396 e. The van der Waals surface area contributed by atoms with E-state index < -0.39 is 5.91 Å². The van der Waals surface area contributed by atoms with Crippen LogP contribution in [0.2, 0.25) is 0 Å². The first-order chi connectivity index (χ1) is 8.10. The van der Waals surface area contributed by atoms with Crippen LogP contribution in [0.5, 0.6) is 0 Å². The predicted molar refractivity (Wildman–Crippen MR) is 58.2 cm³/mol. The van der Waals surface area contributed by atoms with Crippen LogP contribution in [0, 0.1) is 6.92 Å². The highest BCUT2D eigenvalue weighted by atomic mass is 16.5. The molecule has 0 aliphatic carbocycles. The summed E-state index contributed by atoms with van der Waals surface area (Å²) in [5.74, 6) is -0.120. The van der Waals surface area contributed by atoms with Crippen LogP contribution in [0.25, 0.3) is 0 Å². The number of nitrogen functional groups attached to an aromatic ring is 1. The molecule has 90 valence electrons. The lowest BCUT2D eigenvalue weighted by Crippen LogP contribution is -2.18. The number of rotatable bonds is 3. The number of amides is 1. The summed E-state index contributed by atoms with van der Waals surface area (Å²) in [5.41, 5.74) is 6.99. The second kappa shape index (κ2) is 4.24. The van der Waals surface area contributed by atoms with Gasteiger partial charge < -0.3 is 15.6 Å². The topological polar surface area (TPSA) is 112 Å². The van der Waals surface area contributed by atoms with E-state index in [2.05, 4.69) is 20.6 Å². The van der Waals surface area contributed by atoms with E-state index in [1.807, 2.05) is 0 Å². The number of carbonyl (C=O) groups excluding carboxylic acids is 1. The van der Waals surface area contributed by atoms with E-state index in [-0.39, 0.29) is 5.89 Å². The van der Waals surface area contributed by atoms with Gasteiger partial charge >= 0.3 is 11.8 Å². The van der Waals surface area contributed by atoms with Crippen molar-refractivity contribution in [3.05, 3.63) is 23.6 Å². The van der Waals surface area contributed by atoms with E-state index in [4.69, 9.17) is 10.3 Å². The van der Waals surface area contributed by atoms with Crippen LogP contribution in [0.4, 0.5) is 5.69 Å². The van der Waals surface area contributed by atoms with Crippen molar-refractivity contribution in [2.45, 2.75) is 13.5 Å². The van der Waals surface area contributed by atoms with Gasteiger partial charge in [-0.2, -0.15) is 10.1 Å². The Balaban J connectivity index is 2.14. The summed E-state index contributed by atoms with van der Waals surface area (Å²) in [4.78, 5) is 15.1. The Bertz CT molecular complexity index is 524. The van der Waals surface area contributed by atoms with Crippen LogP contribution >= 0.6 is 0 Å². The number of nitrogens with one attached hydrogen (secondary N) is 1. The third-order valence-electron chi connectivity index (χ3n) is 2.18. The molecule has 2 heterocycles. The molecular formula is C9H12N6O2. The molecule has 0 radical (unpaired) electrons. The Kier molecular flexibility index (Phi) is 2.77. The molecule has 0 saturated heterocycles. The minimum absolute atomic E-state index is 0.0700. The molecule has 1 amide bonds. The normalized spacial score (nSPS) is 10.5. The Hall–Kier alpha value is -2.38. The number of anilines is 1. The van der Waals surface area contributed by atoms with Crippen LogP contribution in [-0.2, 0) is 6.54 Å². The number of nitrogens with zero attached hydrogens (tertiary/aromatic N) is 4. The molecule has 0 aromatic carbocycles. The van der Waals surface area contributed by atoms with Gasteiger partial charge in [0.15, 0.2) is 5.82 Å². The summed E-state index contributed by atoms with van der Waals surface area (Å²) in [6, 6.07) is 0. The second-order valence-corrected chi connectivity index (χ2v) is 3.46. The number of aromatic nitrogens is 4. The molecule has 2 aromatic rings. The first-order valence-corrected chi connectivity index (χ1v) is 4.94. The first kappa shape index (κ1) is 11.1. The molecule has 8 heteroatoms. The van der Waals surface area contributed by atoms with E-state index in [0.717, 1.165) is 5.69 Å². The molecule has 0 aliphatic heterocycles. The molecule has 8 nitrogen and oxygen atoms in total. The van der Waals surface area contributed by atoms with Crippen LogP contribution in [0.3, 0.4) is 0 Å². The van der Waals surface area contributed by atoms with Crippen LogP contribution < -0.4 is 11.1 Å². The summed E-state index contributed by atoms with van der Waals surface area (Å²) in [5, 5.41) is 10.2. The Morgan fingerprint density at radius 2 is 2.41 bits per heavy atom. The fraction of sp³-hybridized carbons (Fsp3) is 0.333. The maximum Gasteiger partial charge on any atom is 0.315 e. The van der Waals surface area contributed by atoms with Crippen molar-refractivity contribution in [3.63, 3.8) is 0 Å². The monoisotopic (exact) mass is 236 g/mol. The minimum atomic E-state index is -0.417. The van der Waals surface area contributed by atoms with Gasteiger partial charge in [0, 0.05) is 13.2 Å². The van der Waals surface area contributed by atoms with Crippen molar-refractivity contribution in [1.29, 1.82) is 0 Å². The van der Waals surface area contributed by atoms with E-state index in [1.165, 1.54) is 7.05 Å². The van der Waals surface area contributed by atoms with Gasteiger partial charge in [-0.3, -0.25) is 9.48 Å². The highest BCUT2D eigenvalue weighted by Crippen LogP contribution is 2.08. The lowest BCUT2D eigenvalue weighted by molar-refractivity contribution is 0.0919. The van der Waals surface area contributed by atoms with E-state index in [1.54, 1.807) is 17.8 Å². The number of hydrogen-bond donors (Lipinski definition) is 2. The van der Waals surface area contributed by atoms with E-state index in [9.17, 15) is 4.79 Å². The van der Waals surface area contributed by atoms with E-state index >= 15 is 0 Å². The van der Waals surface area contributed by atoms with Gasteiger partial charge in [-0.05, 0) is 6.92 Å². The lowest BCUT2D eigenvalue weighted by atomic mass is 10.4. The summed E-state index contributed by atoms with van der Waals surface area (Å²) in [6.45, 7) is 2.11. The molecule has 0 atom stereocenters. The predicted octanol–water partition coefficient (Wildman–Crippen LogP) is -0.435. The SMILES string of the molecule is CNC(=O)c1nc(Cn2cc(N)c(C)n2)no1. The third-order valence-corrected chi connectivity index (χ3v) is 2.18. The van der Waals surface area contributed by atoms with Gasteiger partial charge in [-0.15, -0.1) is 0 Å². The second-order valence-electron chi connectivity index (χ2n) is 3.46. The average Bonchev–Trinajstić information content (AvgIpc) is 2.87. The summed E-state index contributed by atoms with van der Waals surface area (Å²) < 4.78 is 6.37. The summed E-state index contributed by atoms with van der Waals surface area (Å²) in [6.07, 6.45) is 1.67. The smallest absolute Gasteiger partial charge is 0.315 e. The molecule has 0 spiro atoms. The zero-order valence-corrected chi connectivity index (χ0v) is 9.47. The van der Waals surface area contributed by atoms with Crippen molar-refractivity contribution in [1.82, 2.24) is 25.2 Å². The molecule has 17 heavy (non-hydrogen) atoms. The maximum atomic E-state index is 11.2. The quantitative estimate of drug-likeness (QED) is 0.747. The van der Waals surface area contributed by atoms with Crippen LogP contribution in [0.1, 0.15) is 22.2 Å².